The minimum absolute atomic E-state index is 0. The second-order valence-corrected chi connectivity index (χ2v) is 5.11. The maximum Gasteiger partial charge on any atom is 0.387 e. The van der Waals surface area contributed by atoms with Crippen LogP contribution in [0, 0.1) is 0 Å². The van der Waals surface area contributed by atoms with Crippen LogP contribution in [0.1, 0.15) is 23.2 Å². The minimum Gasteiger partial charge on any atom is -0.434 e. The quantitative estimate of drug-likeness (QED) is 0.920. The lowest BCUT2D eigenvalue weighted by atomic mass is 10.0. The molecule has 0 aromatic heterocycles. The fraction of sp³-hybridized carbons (Fsp3) is 0.462. The van der Waals surface area contributed by atoms with E-state index in [-0.39, 0.29) is 34.8 Å². The molecule has 118 valence electrons. The number of alkyl halides is 2. The molecule has 0 bridgehead atoms. The Morgan fingerprint density at radius 3 is 2.81 bits per heavy atom. The Morgan fingerprint density at radius 1 is 1.48 bits per heavy atom. The molecule has 1 amide bonds. The standard InChI is InChI=1S/C13H15ClF2N2O2.ClH/c14-8-3-4-11(20-13(15)16)10(6-8)12(19)18-5-1-2-9(17)7-18;/h3-4,6,9,13H,1-2,5,7,17H2;1H. The molecule has 0 aliphatic carbocycles. The summed E-state index contributed by atoms with van der Waals surface area (Å²) in [7, 11) is 0. The van der Waals surface area contributed by atoms with Gasteiger partial charge in [-0.3, -0.25) is 4.79 Å². The number of ether oxygens (including phenoxy) is 1. The normalized spacial score (nSPS) is 18.3. The van der Waals surface area contributed by atoms with Crippen molar-refractivity contribution in [2.45, 2.75) is 25.5 Å². The fourth-order valence-electron chi connectivity index (χ4n) is 2.23. The lowest BCUT2D eigenvalue weighted by molar-refractivity contribution is -0.0503. The molecule has 1 atom stereocenters. The molecule has 0 radical (unpaired) electrons. The molecule has 1 unspecified atom stereocenters. The first kappa shape index (κ1) is 17.9. The first-order chi connectivity index (χ1) is 9.47. The van der Waals surface area contributed by atoms with Crippen molar-refractivity contribution in [3.8, 4) is 5.75 Å². The van der Waals surface area contributed by atoms with E-state index in [1.807, 2.05) is 0 Å². The van der Waals surface area contributed by atoms with Crippen LogP contribution in [0.4, 0.5) is 8.78 Å². The highest BCUT2D eigenvalue weighted by molar-refractivity contribution is 6.31. The number of hydrogen-bond donors (Lipinski definition) is 1. The summed E-state index contributed by atoms with van der Waals surface area (Å²) in [5, 5.41) is 0.288. The Balaban J connectivity index is 0.00000220. The van der Waals surface area contributed by atoms with Crippen LogP contribution < -0.4 is 10.5 Å². The van der Waals surface area contributed by atoms with Crippen LogP contribution in [0.3, 0.4) is 0 Å². The molecule has 1 aliphatic heterocycles. The topological polar surface area (TPSA) is 55.6 Å². The predicted molar refractivity (Wildman–Crippen MR) is 78.4 cm³/mol. The van der Waals surface area contributed by atoms with Gasteiger partial charge in [0.25, 0.3) is 5.91 Å². The zero-order chi connectivity index (χ0) is 14.7. The van der Waals surface area contributed by atoms with Gasteiger partial charge in [0.2, 0.25) is 0 Å². The molecule has 0 saturated carbocycles. The largest absolute Gasteiger partial charge is 0.434 e. The summed E-state index contributed by atoms with van der Waals surface area (Å²) in [5.41, 5.74) is 5.85. The smallest absolute Gasteiger partial charge is 0.387 e. The number of likely N-dealkylation sites (tertiary alicyclic amines) is 1. The van der Waals surface area contributed by atoms with Crippen molar-refractivity contribution < 1.29 is 18.3 Å². The van der Waals surface area contributed by atoms with Gasteiger partial charge >= 0.3 is 6.61 Å². The van der Waals surface area contributed by atoms with Gasteiger partial charge in [0, 0.05) is 24.2 Å². The van der Waals surface area contributed by atoms with E-state index in [0.717, 1.165) is 12.8 Å². The van der Waals surface area contributed by atoms with E-state index < -0.39 is 12.5 Å². The molecule has 2 rings (SSSR count). The number of halogens is 4. The Kier molecular flexibility index (Phi) is 6.64. The monoisotopic (exact) mass is 340 g/mol. The van der Waals surface area contributed by atoms with E-state index in [1.54, 1.807) is 0 Å². The molecule has 1 fully saturated rings. The molecule has 1 saturated heterocycles. The highest BCUT2D eigenvalue weighted by Crippen LogP contribution is 2.26. The third kappa shape index (κ3) is 4.69. The summed E-state index contributed by atoms with van der Waals surface area (Å²) in [4.78, 5) is 13.9. The number of carbonyl (C=O) groups is 1. The fourth-order valence-corrected chi connectivity index (χ4v) is 2.40. The lowest BCUT2D eigenvalue weighted by Gasteiger charge is -2.31. The van der Waals surface area contributed by atoms with Crippen LogP contribution in [-0.2, 0) is 0 Å². The van der Waals surface area contributed by atoms with E-state index in [9.17, 15) is 13.6 Å². The van der Waals surface area contributed by atoms with E-state index >= 15 is 0 Å². The van der Waals surface area contributed by atoms with Gasteiger partial charge in [0.05, 0.1) is 5.56 Å². The average Bonchev–Trinajstić information content (AvgIpc) is 2.39. The van der Waals surface area contributed by atoms with Crippen molar-refractivity contribution in [1.29, 1.82) is 0 Å². The maximum atomic E-state index is 12.4. The Labute approximate surface area is 132 Å². The van der Waals surface area contributed by atoms with Crippen molar-refractivity contribution in [2.24, 2.45) is 5.73 Å². The highest BCUT2D eigenvalue weighted by atomic mass is 35.5. The number of nitrogens with zero attached hydrogens (tertiary/aromatic N) is 1. The van der Waals surface area contributed by atoms with E-state index in [2.05, 4.69) is 4.74 Å². The van der Waals surface area contributed by atoms with Crippen molar-refractivity contribution in [3.63, 3.8) is 0 Å². The van der Waals surface area contributed by atoms with Gasteiger partial charge in [-0.25, -0.2) is 0 Å². The zero-order valence-electron chi connectivity index (χ0n) is 11.1. The van der Waals surface area contributed by atoms with Crippen molar-refractivity contribution in [1.82, 2.24) is 4.90 Å². The molecule has 1 heterocycles. The van der Waals surface area contributed by atoms with Crippen molar-refractivity contribution >= 4 is 29.9 Å². The van der Waals surface area contributed by atoms with Crippen LogP contribution in [0.15, 0.2) is 18.2 Å². The minimum atomic E-state index is -2.99. The summed E-state index contributed by atoms with van der Waals surface area (Å²) < 4.78 is 29.1. The third-order valence-electron chi connectivity index (χ3n) is 3.13. The molecule has 8 heteroatoms. The van der Waals surface area contributed by atoms with Crippen molar-refractivity contribution in [3.05, 3.63) is 28.8 Å². The molecule has 21 heavy (non-hydrogen) atoms. The number of benzene rings is 1. The SMILES string of the molecule is Cl.NC1CCCN(C(=O)c2cc(Cl)ccc2OC(F)F)C1. The lowest BCUT2D eigenvalue weighted by Crippen LogP contribution is -2.45. The number of piperidine rings is 1. The first-order valence-corrected chi connectivity index (χ1v) is 6.64. The number of rotatable bonds is 3. The molecule has 2 N–H and O–H groups in total. The van der Waals surface area contributed by atoms with Gasteiger partial charge in [0.15, 0.2) is 0 Å². The van der Waals surface area contributed by atoms with E-state index in [0.29, 0.717) is 13.1 Å². The Bertz CT molecular complexity index is 503. The zero-order valence-corrected chi connectivity index (χ0v) is 12.7. The molecule has 0 spiro atoms. The maximum absolute atomic E-state index is 12.4. The van der Waals surface area contributed by atoms with Gasteiger partial charge in [0.1, 0.15) is 5.75 Å². The van der Waals surface area contributed by atoms with Gasteiger partial charge in [-0.1, -0.05) is 11.6 Å². The number of nitrogens with two attached hydrogens (primary N) is 1. The van der Waals surface area contributed by atoms with E-state index in [1.165, 1.54) is 23.1 Å². The average molecular weight is 341 g/mol. The molecule has 1 aromatic rings. The van der Waals surface area contributed by atoms with Crippen LogP contribution in [-0.4, -0.2) is 36.5 Å². The number of hydrogen-bond acceptors (Lipinski definition) is 3. The Morgan fingerprint density at radius 2 is 2.19 bits per heavy atom. The van der Waals surface area contributed by atoms with Crippen LogP contribution >= 0.6 is 24.0 Å². The van der Waals surface area contributed by atoms with Crippen LogP contribution in [0.25, 0.3) is 0 Å². The van der Waals surface area contributed by atoms with Gasteiger partial charge < -0.3 is 15.4 Å². The number of amides is 1. The van der Waals surface area contributed by atoms with Gasteiger partial charge in [-0.15, -0.1) is 12.4 Å². The van der Waals surface area contributed by atoms with Crippen LogP contribution in [0.2, 0.25) is 5.02 Å². The second-order valence-electron chi connectivity index (χ2n) is 4.67. The molecule has 1 aromatic carbocycles. The van der Waals surface area contributed by atoms with Crippen molar-refractivity contribution in [2.75, 3.05) is 13.1 Å². The summed E-state index contributed by atoms with van der Waals surface area (Å²) in [6.07, 6.45) is 1.64. The first-order valence-electron chi connectivity index (χ1n) is 6.26. The molecule has 1 aliphatic rings. The summed E-state index contributed by atoms with van der Waals surface area (Å²) in [5.74, 6) is -0.563. The highest BCUT2D eigenvalue weighted by Gasteiger charge is 2.25. The summed E-state index contributed by atoms with van der Waals surface area (Å²) in [6.45, 7) is -2.04. The van der Waals surface area contributed by atoms with Crippen LogP contribution in [0.5, 0.6) is 5.75 Å². The van der Waals surface area contributed by atoms with E-state index in [4.69, 9.17) is 17.3 Å². The molecular weight excluding hydrogens is 325 g/mol. The number of carbonyl (C=O) groups excluding carboxylic acids is 1. The molecule has 4 nitrogen and oxygen atoms in total. The predicted octanol–water partition coefficient (Wildman–Crippen LogP) is 2.93. The summed E-state index contributed by atoms with van der Waals surface area (Å²) in [6, 6.07) is 3.91. The summed E-state index contributed by atoms with van der Waals surface area (Å²) >= 11 is 5.83. The van der Waals surface area contributed by atoms with Gasteiger partial charge in [-0.05, 0) is 31.0 Å². The second kappa shape index (κ2) is 7.77. The molecular formula is C13H16Cl2F2N2O2. The Hall–Kier alpha value is -1.11. The van der Waals surface area contributed by atoms with Gasteiger partial charge in [-0.2, -0.15) is 8.78 Å². The third-order valence-corrected chi connectivity index (χ3v) is 3.37.